The lowest BCUT2D eigenvalue weighted by Crippen LogP contribution is -2.63. The fourth-order valence-corrected chi connectivity index (χ4v) is 7.57. The number of benzene rings is 1. The van der Waals surface area contributed by atoms with Gasteiger partial charge in [0.2, 0.25) is 11.7 Å². The largest absolute Gasteiger partial charge is 0.510 e. The van der Waals surface area contributed by atoms with Gasteiger partial charge in [-0.3, -0.25) is 29.0 Å². The normalized spacial score (nSPS) is 27.6. The number of phenolic OH excluding ortho intramolecular Hbond substituents is 1. The van der Waals surface area contributed by atoms with Gasteiger partial charge in [-0.2, -0.15) is 0 Å². The van der Waals surface area contributed by atoms with E-state index in [9.17, 15) is 39.6 Å². The van der Waals surface area contributed by atoms with Crippen LogP contribution in [0, 0.1) is 23.2 Å². The Labute approximate surface area is 268 Å². The number of hydrogen-bond acceptors (Lipinski definition) is 11. The van der Waals surface area contributed by atoms with Gasteiger partial charge in [-0.15, -0.1) is 0 Å². The van der Waals surface area contributed by atoms with E-state index in [1.807, 2.05) is 0 Å². The van der Waals surface area contributed by atoms with Gasteiger partial charge in [0.05, 0.1) is 23.2 Å². The highest BCUT2D eigenvalue weighted by atomic mass is 16.3. The number of Topliss-reactive ketones (excluding diaryl/α,β-unsaturated/α-hetero) is 2. The maximum absolute atomic E-state index is 14.2. The number of aliphatic hydroxyl groups is 3. The number of amides is 2. The summed E-state index contributed by atoms with van der Waals surface area (Å²) in [5, 5.41) is 48.6. The van der Waals surface area contributed by atoms with Gasteiger partial charge in [0.15, 0.2) is 17.1 Å². The minimum atomic E-state index is -2.73. The fraction of sp³-hybridized carbons (Fsp3) is 0.576. The Hall–Kier alpha value is -3.94. The molecule has 13 heteroatoms. The number of anilines is 2. The van der Waals surface area contributed by atoms with Crippen LogP contribution in [0.15, 0.2) is 28.7 Å². The molecule has 5 atom stereocenters. The number of rotatable bonds is 6. The molecule has 1 aliphatic heterocycles. The Kier molecular flexibility index (Phi) is 8.06. The molecule has 1 fully saturated rings. The molecule has 250 valence electrons. The summed E-state index contributed by atoms with van der Waals surface area (Å²) >= 11 is 0. The predicted octanol–water partition coefficient (Wildman–Crippen LogP) is 1.49. The van der Waals surface area contributed by atoms with Crippen molar-refractivity contribution in [2.24, 2.45) is 28.9 Å². The molecule has 46 heavy (non-hydrogen) atoms. The van der Waals surface area contributed by atoms with Crippen molar-refractivity contribution in [2.45, 2.75) is 58.2 Å². The number of likely N-dealkylation sites (tertiary alicyclic amines) is 1. The van der Waals surface area contributed by atoms with Crippen molar-refractivity contribution < 1.29 is 39.6 Å². The van der Waals surface area contributed by atoms with E-state index >= 15 is 0 Å². The van der Waals surface area contributed by atoms with Gasteiger partial charge < -0.3 is 36.4 Å². The van der Waals surface area contributed by atoms with Crippen LogP contribution in [0.2, 0.25) is 0 Å². The zero-order valence-corrected chi connectivity index (χ0v) is 27.6. The van der Waals surface area contributed by atoms with Crippen molar-refractivity contribution in [3.05, 3.63) is 39.9 Å². The molecule has 1 aromatic rings. The van der Waals surface area contributed by atoms with E-state index in [-0.39, 0.29) is 52.9 Å². The maximum atomic E-state index is 14.2. The van der Waals surface area contributed by atoms with E-state index in [0.717, 1.165) is 0 Å². The molecule has 0 bridgehead atoms. The number of nitrogens with two attached hydrogens (primary N) is 1. The van der Waals surface area contributed by atoms with E-state index in [4.69, 9.17) is 5.73 Å². The Bertz CT molecular complexity index is 1600. The molecule has 3 aliphatic carbocycles. The molecule has 5 rings (SSSR count). The number of nitrogens with zero attached hydrogens (tertiary/aromatic N) is 3. The summed E-state index contributed by atoms with van der Waals surface area (Å²) in [5.41, 5.74) is 2.53. The molecule has 0 radical (unpaired) electrons. The van der Waals surface area contributed by atoms with Crippen LogP contribution in [-0.4, -0.2) is 113 Å². The van der Waals surface area contributed by atoms with Crippen molar-refractivity contribution in [3.63, 3.8) is 0 Å². The van der Waals surface area contributed by atoms with E-state index in [0.29, 0.717) is 24.3 Å². The quantitative estimate of drug-likeness (QED) is 0.195. The Morgan fingerprint density at radius 2 is 1.72 bits per heavy atom. The van der Waals surface area contributed by atoms with Gasteiger partial charge in [-0.25, -0.2) is 0 Å². The van der Waals surface area contributed by atoms with Crippen LogP contribution in [0.4, 0.5) is 11.4 Å². The Balaban J connectivity index is 1.55. The molecule has 1 unspecified atom stereocenters. The zero-order chi connectivity index (χ0) is 34.4. The van der Waals surface area contributed by atoms with Crippen LogP contribution in [-0.2, 0) is 20.8 Å². The number of ketones is 2. The molecule has 0 aromatic heterocycles. The summed E-state index contributed by atoms with van der Waals surface area (Å²) in [6.07, 6.45) is 0.134. The summed E-state index contributed by atoms with van der Waals surface area (Å²) in [6.45, 7) is 9.64. The molecule has 4 aliphatic rings. The molecule has 1 aromatic carbocycles. The number of allylic oxidation sites excluding steroid dienone is 1. The van der Waals surface area contributed by atoms with Crippen LogP contribution in [0.3, 0.4) is 0 Å². The van der Waals surface area contributed by atoms with Gasteiger partial charge in [-0.05, 0) is 56.8 Å². The van der Waals surface area contributed by atoms with Crippen LogP contribution in [0.1, 0.15) is 50.0 Å². The first-order chi connectivity index (χ1) is 21.2. The number of primary amides is 1. The first-order valence-electron chi connectivity index (χ1n) is 15.5. The van der Waals surface area contributed by atoms with Gasteiger partial charge in [0.1, 0.15) is 17.1 Å². The number of hydrogen-bond donors (Lipinski definition) is 6. The minimum Gasteiger partial charge on any atom is -0.510 e. The second-order valence-corrected chi connectivity index (χ2v) is 14.7. The number of carbonyl (C=O) groups is 4. The Morgan fingerprint density at radius 1 is 1.11 bits per heavy atom. The third kappa shape index (κ3) is 4.87. The van der Waals surface area contributed by atoms with Crippen molar-refractivity contribution in [1.82, 2.24) is 9.80 Å². The molecule has 2 amide bonds. The average molecular weight is 640 g/mol. The molecule has 13 nitrogen and oxygen atoms in total. The highest BCUT2D eigenvalue weighted by Gasteiger charge is 2.63. The van der Waals surface area contributed by atoms with Crippen LogP contribution in [0.25, 0.3) is 0 Å². The first-order valence-corrected chi connectivity index (χ1v) is 15.5. The van der Waals surface area contributed by atoms with Crippen molar-refractivity contribution in [1.29, 1.82) is 0 Å². The van der Waals surface area contributed by atoms with Gasteiger partial charge in [-0.1, -0.05) is 20.8 Å². The van der Waals surface area contributed by atoms with E-state index in [1.165, 1.54) is 4.90 Å². The second-order valence-electron chi connectivity index (χ2n) is 14.7. The molecule has 7 N–H and O–H groups in total. The molecule has 1 saturated heterocycles. The zero-order valence-electron chi connectivity index (χ0n) is 27.6. The summed E-state index contributed by atoms with van der Waals surface area (Å²) in [6, 6.07) is 0.799. The third-order valence-electron chi connectivity index (χ3n) is 10.5. The lowest BCUT2D eigenvalue weighted by Gasteiger charge is -2.50. The lowest BCUT2D eigenvalue weighted by atomic mass is 9.58. The predicted molar refractivity (Wildman–Crippen MR) is 171 cm³/mol. The van der Waals surface area contributed by atoms with Gasteiger partial charge >= 0.3 is 0 Å². The number of carbonyl (C=O) groups excluding carboxylic acids is 4. The second kappa shape index (κ2) is 11.1. The minimum absolute atomic E-state index is 0.0109. The summed E-state index contributed by atoms with van der Waals surface area (Å²) in [7, 11) is 6.69. The summed E-state index contributed by atoms with van der Waals surface area (Å²) in [5.74, 6) is -7.85. The first kappa shape index (κ1) is 33.4. The highest BCUT2D eigenvalue weighted by molar-refractivity contribution is 6.25. The van der Waals surface area contributed by atoms with Gasteiger partial charge in [0, 0.05) is 50.4 Å². The van der Waals surface area contributed by atoms with Crippen molar-refractivity contribution >= 4 is 34.8 Å². The van der Waals surface area contributed by atoms with E-state index in [2.05, 4.69) is 37.9 Å². The number of fused-ring (bicyclic) bond motifs is 3. The molecule has 1 heterocycles. The molecular weight excluding hydrogens is 594 g/mol. The highest BCUT2D eigenvalue weighted by Crippen LogP contribution is 2.54. The number of likely N-dealkylation sites (N-methyl/N-ethyl adjacent to an activating group) is 1. The standard InChI is InChI=1S/C33H45N5O8/c1-14(32(2,3)4)38-12-16(13-38)31(45)35-19-11-20(36(5)6)17-9-15-10-18-24(37(7)8)27(41)23(30(34)44)29(43)33(18,46)28(42)21(15)26(40)22(17)25(19)39/h11,14-16,18,24,39,41-42,46H,9-10,12-13H2,1-8H3,(H2,34,44)(H,35,45)/t14?,15-,18-,24-,33-/m0/s1. The lowest BCUT2D eigenvalue weighted by molar-refractivity contribution is -0.148. The summed E-state index contributed by atoms with van der Waals surface area (Å²) in [4.78, 5) is 58.8. The topological polar surface area (TPSA) is 197 Å². The third-order valence-corrected chi connectivity index (χ3v) is 10.5. The number of aliphatic hydroxyl groups excluding tert-OH is 2. The number of phenols is 1. The average Bonchev–Trinajstić information content (AvgIpc) is 2.90. The number of aromatic hydroxyl groups is 1. The Morgan fingerprint density at radius 3 is 2.24 bits per heavy atom. The van der Waals surface area contributed by atoms with Crippen LogP contribution >= 0.6 is 0 Å². The molecule has 0 spiro atoms. The summed E-state index contributed by atoms with van der Waals surface area (Å²) < 4.78 is 0. The van der Waals surface area contributed by atoms with Crippen LogP contribution < -0.4 is 16.0 Å². The van der Waals surface area contributed by atoms with E-state index in [1.54, 1.807) is 39.2 Å². The van der Waals surface area contributed by atoms with Crippen LogP contribution in [0.5, 0.6) is 5.75 Å². The van der Waals surface area contributed by atoms with Crippen molar-refractivity contribution in [3.8, 4) is 5.75 Å². The van der Waals surface area contributed by atoms with Crippen molar-refractivity contribution in [2.75, 3.05) is 51.5 Å². The maximum Gasteiger partial charge on any atom is 0.255 e. The number of nitrogens with one attached hydrogen (secondary N) is 1. The monoisotopic (exact) mass is 639 g/mol. The van der Waals surface area contributed by atoms with Gasteiger partial charge in [0.25, 0.3) is 5.91 Å². The van der Waals surface area contributed by atoms with E-state index < -0.39 is 63.8 Å². The fourth-order valence-electron chi connectivity index (χ4n) is 7.57. The smallest absolute Gasteiger partial charge is 0.255 e. The SMILES string of the molecule is CC(N1CC(C(=O)Nc2cc(N(C)C)c3c(c2O)C(=O)C2=C(O)[C@]4(O)C(=O)C(C(N)=O)=C(O)[C@@H](N(C)C)[C@@H]4C[C@@H]2C3)C1)C(C)(C)C. The molecule has 0 saturated carbocycles. The molecular formula is C33H45N5O8.